The van der Waals surface area contributed by atoms with Gasteiger partial charge in [-0.3, -0.25) is 4.79 Å². The number of halogens is 1. The fourth-order valence-electron chi connectivity index (χ4n) is 2.44. The van der Waals surface area contributed by atoms with Crippen molar-refractivity contribution >= 4 is 23.2 Å². The third-order valence-corrected chi connectivity index (χ3v) is 3.68. The summed E-state index contributed by atoms with van der Waals surface area (Å²) in [5.41, 5.74) is 3.02. The first-order valence-corrected chi connectivity index (χ1v) is 6.99. The van der Waals surface area contributed by atoms with Gasteiger partial charge in [0.15, 0.2) is 0 Å². The van der Waals surface area contributed by atoms with Crippen molar-refractivity contribution in [2.75, 3.05) is 11.9 Å². The Morgan fingerprint density at radius 2 is 1.95 bits per heavy atom. The summed E-state index contributed by atoms with van der Waals surface area (Å²) in [6.07, 6.45) is 0.889. The topological polar surface area (TPSA) is 41.1 Å². The molecule has 0 fully saturated rings. The summed E-state index contributed by atoms with van der Waals surface area (Å²) in [6.45, 7) is 0.744. The quantitative estimate of drug-likeness (QED) is 0.906. The van der Waals surface area contributed by atoms with Crippen molar-refractivity contribution in [3.63, 3.8) is 0 Å². The lowest BCUT2D eigenvalue weighted by Gasteiger charge is -2.11. The molecule has 102 valence electrons. The van der Waals surface area contributed by atoms with Gasteiger partial charge >= 0.3 is 0 Å². The van der Waals surface area contributed by atoms with Crippen molar-refractivity contribution in [2.24, 2.45) is 0 Å². The van der Waals surface area contributed by atoms with E-state index in [1.165, 1.54) is 5.56 Å². The van der Waals surface area contributed by atoms with Crippen molar-refractivity contribution in [3.05, 3.63) is 64.7 Å². The fraction of sp³-hybridized carbons (Fsp3) is 0.188. The lowest BCUT2D eigenvalue weighted by molar-refractivity contribution is -0.117. The van der Waals surface area contributed by atoms with E-state index in [4.69, 9.17) is 11.6 Å². The lowest BCUT2D eigenvalue weighted by Crippen LogP contribution is -2.29. The highest BCUT2D eigenvalue weighted by atomic mass is 35.5. The first kappa shape index (κ1) is 13.2. The molecule has 0 radical (unpaired) electrons. The normalized spacial score (nSPS) is 16.9. The molecular weight excluding hydrogens is 272 g/mol. The SMILES string of the molecule is O=C1Nc2ccc(Cl)cc2C1NCCc1ccccc1. The molecule has 1 heterocycles. The standard InChI is InChI=1S/C16H15ClN2O/c17-12-6-7-14-13(10-12)15(16(20)19-14)18-9-8-11-4-2-1-3-5-11/h1-7,10,15,18H,8-9H2,(H,19,20). The minimum Gasteiger partial charge on any atom is -0.324 e. The number of carbonyl (C=O) groups excluding carboxylic acids is 1. The molecule has 0 saturated heterocycles. The molecule has 1 unspecified atom stereocenters. The molecule has 0 aromatic heterocycles. The van der Waals surface area contributed by atoms with E-state index < -0.39 is 0 Å². The van der Waals surface area contributed by atoms with Crippen molar-refractivity contribution in [2.45, 2.75) is 12.5 Å². The number of benzene rings is 2. The van der Waals surface area contributed by atoms with Gasteiger partial charge < -0.3 is 10.6 Å². The Morgan fingerprint density at radius 3 is 2.75 bits per heavy atom. The zero-order valence-corrected chi connectivity index (χ0v) is 11.7. The average Bonchev–Trinajstić information content (AvgIpc) is 2.76. The Hall–Kier alpha value is -1.84. The number of fused-ring (bicyclic) bond motifs is 1. The number of hydrogen-bond donors (Lipinski definition) is 2. The van der Waals surface area contributed by atoms with Gasteiger partial charge in [0, 0.05) is 22.8 Å². The maximum Gasteiger partial charge on any atom is 0.246 e. The summed E-state index contributed by atoms with van der Waals surface area (Å²) in [7, 11) is 0. The summed E-state index contributed by atoms with van der Waals surface area (Å²) >= 11 is 6.00. The van der Waals surface area contributed by atoms with Crippen molar-refractivity contribution in [1.82, 2.24) is 5.32 Å². The van der Waals surface area contributed by atoms with Crippen LogP contribution in [0.3, 0.4) is 0 Å². The molecule has 2 aromatic rings. The van der Waals surface area contributed by atoms with E-state index in [0.29, 0.717) is 5.02 Å². The smallest absolute Gasteiger partial charge is 0.246 e. The fourth-order valence-corrected chi connectivity index (χ4v) is 2.62. The number of anilines is 1. The maximum atomic E-state index is 12.0. The van der Waals surface area contributed by atoms with E-state index in [1.807, 2.05) is 30.3 Å². The second-order valence-electron chi connectivity index (χ2n) is 4.84. The molecule has 0 saturated carbocycles. The third-order valence-electron chi connectivity index (χ3n) is 3.45. The summed E-state index contributed by atoms with van der Waals surface area (Å²) < 4.78 is 0. The first-order chi connectivity index (χ1) is 9.74. The van der Waals surface area contributed by atoms with Crippen LogP contribution in [0.1, 0.15) is 17.2 Å². The highest BCUT2D eigenvalue weighted by molar-refractivity contribution is 6.31. The third kappa shape index (κ3) is 2.69. The van der Waals surface area contributed by atoms with E-state index in [1.54, 1.807) is 6.07 Å². The minimum atomic E-state index is -0.313. The molecular formula is C16H15ClN2O. The molecule has 1 aliphatic rings. The van der Waals surface area contributed by atoms with Crippen LogP contribution in [-0.2, 0) is 11.2 Å². The number of hydrogen-bond acceptors (Lipinski definition) is 2. The van der Waals surface area contributed by atoms with Crippen LogP contribution in [0.4, 0.5) is 5.69 Å². The number of carbonyl (C=O) groups is 1. The van der Waals surface area contributed by atoms with Crippen LogP contribution in [-0.4, -0.2) is 12.5 Å². The molecule has 1 atom stereocenters. The molecule has 1 amide bonds. The second kappa shape index (κ2) is 5.65. The Bertz CT molecular complexity index is 628. The zero-order chi connectivity index (χ0) is 13.9. The maximum absolute atomic E-state index is 12.0. The van der Waals surface area contributed by atoms with Gasteiger partial charge in [-0.2, -0.15) is 0 Å². The molecule has 0 spiro atoms. The van der Waals surface area contributed by atoms with Crippen LogP contribution in [0.25, 0.3) is 0 Å². The molecule has 4 heteroatoms. The molecule has 20 heavy (non-hydrogen) atoms. The number of rotatable bonds is 4. The van der Waals surface area contributed by atoms with Crippen LogP contribution in [0.2, 0.25) is 5.02 Å². The van der Waals surface area contributed by atoms with Gasteiger partial charge in [0.25, 0.3) is 0 Å². The van der Waals surface area contributed by atoms with E-state index in [0.717, 1.165) is 24.2 Å². The van der Waals surface area contributed by atoms with E-state index in [2.05, 4.69) is 22.8 Å². The van der Waals surface area contributed by atoms with Crippen molar-refractivity contribution < 1.29 is 4.79 Å². The van der Waals surface area contributed by atoms with E-state index >= 15 is 0 Å². The Labute approximate surface area is 123 Å². The summed E-state index contributed by atoms with van der Waals surface area (Å²) in [4.78, 5) is 12.0. The zero-order valence-electron chi connectivity index (χ0n) is 10.9. The number of amides is 1. The van der Waals surface area contributed by atoms with E-state index in [9.17, 15) is 4.79 Å². The summed E-state index contributed by atoms with van der Waals surface area (Å²) in [5.74, 6) is -0.0182. The van der Waals surface area contributed by atoms with Gasteiger partial charge in [0.2, 0.25) is 5.91 Å². The summed E-state index contributed by atoms with van der Waals surface area (Å²) in [6, 6.07) is 15.4. The monoisotopic (exact) mass is 286 g/mol. The van der Waals surface area contributed by atoms with Crippen LogP contribution >= 0.6 is 11.6 Å². The highest BCUT2D eigenvalue weighted by Gasteiger charge is 2.29. The van der Waals surface area contributed by atoms with Crippen LogP contribution < -0.4 is 10.6 Å². The predicted octanol–water partition coefficient (Wildman–Crippen LogP) is 3.17. The Morgan fingerprint density at radius 1 is 1.15 bits per heavy atom. The average molecular weight is 287 g/mol. The van der Waals surface area contributed by atoms with Crippen LogP contribution in [0.5, 0.6) is 0 Å². The lowest BCUT2D eigenvalue weighted by atomic mass is 10.1. The molecule has 0 bridgehead atoms. The van der Waals surface area contributed by atoms with Gasteiger partial charge in [0.1, 0.15) is 6.04 Å². The predicted molar refractivity (Wildman–Crippen MR) is 81.0 cm³/mol. The minimum absolute atomic E-state index is 0.0182. The van der Waals surface area contributed by atoms with Gasteiger partial charge in [0.05, 0.1) is 0 Å². The molecule has 1 aliphatic heterocycles. The molecule has 3 nitrogen and oxygen atoms in total. The van der Waals surface area contributed by atoms with Crippen LogP contribution in [0.15, 0.2) is 48.5 Å². The van der Waals surface area contributed by atoms with Crippen molar-refractivity contribution in [3.8, 4) is 0 Å². The van der Waals surface area contributed by atoms with E-state index in [-0.39, 0.29) is 11.9 Å². The van der Waals surface area contributed by atoms with Gasteiger partial charge in [-0.15, -0.1) is 0 Å². The molecule has 0 aliphatic carbocycles. The molecule has 3 rings (SSSR count). The van der Waals surface area contributed by atoms with Gasteiger partial charge in [-0.25, -0.2) is 0 Å². The largest absolute Gasteiger partial charge is 0.324 e. The number of nitrogens with one attached hydrogen (secondary N) is 2. The Balaban J connectivity index is 1.66. The molecule has 2 aromatic carbocycles. The highest BCUT2D eigenvalue weighted by Crippen LogP contribution is 2.32. The molecule has 2 N–H and O–H groups in total. The van der Waals surface area contributed by atoms with Crippen LogP contribution in [0, 0.1) is 0 Å². The Kier molecular flexibility index (Phi) is 3.72. The van der Waals surface area contributed by atoms with Crippen molar-refractivity contribution in [1.29, 1.82) is 0 Å². The van der Waals surface area contributed by atoms with Gasteiger partial charge in [-0.05, 0) is 30.2 Å². The van der Waals surface area contributed by atoms with Gasteiger partial charge in [-0.1, -0.05) is 41.9 Å². The summed E-state index contributed by atoms with van der Waals surface area (Å²) in [5, 5.41) is 6.80. The first-order valence-electron chi connectivity index (χ1n) is 6.61. The second-order valence-corrected chi connectivity index (χ2v) is 5.28.